The van der Waals surface area contributed by atoms with Gasteiger partial charge in [0.1, 0.15) is 11.9 Å². The first kappa shape index (κ1) is 14.3. The number of carbonyl (C=O) groups is 1. The van der Waals surface area contributed by atoms with Crippen LogP contribution < -0.4 is 9.80 Å². The molecular weight excluding hydrogens is 271 g/mol. The molecule has 1 aliphatic carbocycles. The average molecular weight is 292 g/mol. The van der Waals surface area contributed by atoms with Crippen molar-refractivity contribution in [2.24, 2.45) is 5.92 Å². The van der Waals surface area contributed by atoms with Gasteiger partial charge >= 0.3 is 0 Å². The number of halogens is 1. The number of anilines is 2. The van der Waals surface area contributed by atoms with Crippen LogP contribution in [0.15, 0.2) is 18.2 Å². The minimum atomic E-state index is -0.399. The molecule has 0 radical (unpaired) electrons. The Labute approximate surface area is 124 Å². The third-order valence-electron chi connectivity index (χ3n) is 4.33. The lowest BCUT2D eigenvalue weighted by molar-refractivity contribution is -0.129. The van der Waals surface area contributed by atoms with Crippen LogP contribution in [0, 0.1) is 11.7 Å². The van der Waals surface area contributed by atoms with Gasteiger partial charge in [0.25, 0.3) is 5.91 Å². The summed E-state index contributed by atoms with van der Waals surface area (Å²) in [4.78, 5) is 16.6. The highest BCUT2D eigenvalue weighted by atomic mass is 19.1. The summed E-state index contributed by atoms with van der Waals surface area (Å²) in [6, 6.07) is 4.64. The zero-order chi connectivity index (χ0) is 15.0. The van der Waals surface area contributed by atoms with E-state index in [0.717, 1.165) is 31.5 Å². The van der Waals surface area contributed by atoms with Gasteiger partial charge in [-0.25, -0.2) is 4.39 Å². The smallest absolute Gasteiger partial charge is 0.256 e. The topological polar surface area (TPSA) is 32.8 Å². The van der Waals surface area contributed by atoms with Gasteiger partial charge in [0.2, 0.25) is 0 Å². The molecule has 1 fully saturated rings. The monoisotopic (exact) mass is 292 g/mol. The van der Waals surface area contributed by atoms with E-state index >= 15 is 0 Å². The molecule has 1 saturated carbocycles. The molecule has 3 rings (SSSR count). The molecule has 1 aromatic rings. The van der Waals surface area contributed by atoms with Gasteiger partial charge < -0.3 is 14.5 Å². The number of rotatable bonds is 3. The Kier molecular flexibility index (Phi) is 3.85. The molecule has 0 saturated heterocycles. The summed E-state index contributed by atoms with van der Waals surface area (Å²) in [5, 5.41) is 0. The summed E-state index contributed by atoms with van der Waals surface area (Å²) < 4.78 is 19.1. The summed E-state index contributed by atoms with van der Waals surface area (Å²) in [7, 11) is 3.55. The van der Waals surface area contributed by atoms with E-state index in [1.807, 2.05) is 7.05 Å². The molecule has 1 aliphatic heterocycles. The molecular formula is C16H21FN2O2. The van der Waals surface area contributed by atoms with E-state index < -0.39 is 6.10 Å². The summed E-state index contributed by atoms with van der Waals surface area (Å²) in [6.45, 7) is 1.45. The van der Waals surface area contributed by atoms with Crippen LogP contribution in [0.4, 0.5) is 15.8 Å². The van der Waals surface area contributed by atoms with Gasteiger partial charge in [-0.05, 0) is 43.4 Å². The molecule has 1 atom stereocenters. The predicted molar refractivity (Wildman–Crippen MR) is 80.2 cm³/mol. The molecule has 0 N–H and O–H groups in total. The highest BCUT2D eigenvalue weighted by Crippen LogP contribution is 2.38. The summed E-state index contributed by atoms with van der Waals surface area (Å²) >= 11 is 0. The predicted octanol–water partition coefficient (Wildman–Crippen LogP) is 2.42. The van der Waals surface area contributed by atoms with Gasteiger partial charge in [0.05, 0.1) is 11.4 Å². The number of carbonyl (C=O) groups excluding carboxylic acids is 1. The van der Waals surface area contributed by atoms with Gasteiger partial charge in [-0.2, -0.15) is 0 Å². The molecule has 2 aliphatic rings. The maximum Gasteiger partial charge on any atom is 0.256 e. The van der Waals surface area contributed by atoms with Gasteiger partial charge in [0, 0.05) is 27.2 Å². The van der Waals surface area contributed by atoms with Crippen molar-refractivity contribution in [1.29, 1.82) is 0 Å². The first-order valence-corrected chi connectivity index (χ1v) is 7.46. The molecule has 1 amide bonds. The van der Waals surface area contributed by atoms with Crippen molar-refractivity contribution in [3.63, 3.8) is 0 Å². The van der Waals surface area contributed by atoms with Gasteiger partial charge in [-0.3, -0.25) is 4.79 Å². The standard InChI is InChI=1S/C16H21FN2O2/c1-18-8-3-9-19(14-10-12(17)6-7-13(14)18)16(20)15(21-2)11-4-5-11/h6-7,10-11,15H,3-5,8-9H2,1-2H3/t15-/m0/s1. The van der Waals surface area contributed by atoms with Crippen molar-refractivity contribution < 1.29 is 13.9 Å². The summed E-state index contributed by atoms with van der Waals surface area (Å²) in [5.41, 5.74) is 1.55. The molecule has 0 unspecified atom stereocenters. The van der Waals surface area contributed by atoms with Crippen LogP contribution in [-0.4, -0.2) is 39.3 Å². The second-order valence-electron chi connectivity index (χ2n) is 5.89. The van der Waals surface area contributed by atoms with Crippen molar-refractivity contribution in [3.05, 3.63) is 24.0 Å². The lowest BCUT2D eigenvalue weighted by atomic mass is 10.1. The lowest BCUT2D eigenvalue weighted by Crippen LogP contribution is -2.41. The van der Waals surface area contributed by atoms with Crippen LogP contribution >= 0.6 is 0 Å². The van der Waals surface area contributed by atoms with Crippen LogP contribution in [0.3, 0.4) is 0 Å². The maximum atomic E-state index is 13.7. The second-order valence-corrected chi connectivity index (χ2v) is 5.89. The van der Waals surface area contributed by atoms with Crippen molar-refractivity contribution in [2.75, 3.05) is 37.0 Å². The third kappa shape index (κ3) is 2.75. The van der Waals surface area contributed by atoms with E-state index in [4.69, 9.17) is 4.74 Å². The first-order chi connectivity index (χ1) is 10.1. The largest absolute Gasteiger partial charge is 0.373 e. The van der Waals surface area contributed by atoms with Gasteiger partial charge in [-0.15, -0.1) is 0 Å². The van der Waals surface area contributed by atoms with E-state index in [0.29, 0.717) is 18.2 Å². The molecule has 0 spiro atoms. The number of fused-ring (bicyclic) bond motifs is 1. The van der Waals surface area contributed by atoms with Gasteiger partial charge in [0.15, 0.2) is 0 Å². The molecule has 1 aromatic carbocycles. The Morgan fingerprint density at radius 3 is 2.76 bits per heavy atom. The van der Waals surface area contributed by atoms with Crippen molar-refractivity contribution in [1.82, 2.24) is 0 Å². The molecule has 114 valence electrons. The number of amides is 1. The minimum absolute atomic E-state index is 0.0397. The van der Waals surface area contributed by atoms with E-state index in [2.05, 4.69) is 4.90 Å². The van der Waals surface area contributed by atoms with E-state index in [1.54, 1.807) is 18.1 Å². The molecule has 4 nitrogen and oxygen atoms in total. The fourth-order valence-electron chi connectivity index (χ4n) is 3.02. The quantitative estimate of drug-likeness (QED) is 0.858. The van der Waals surface area contributed by atoms with Crippen LogP contribution in [0.25, 0.3) is 0 Å². The lowest BCUT2D eigenvalue weighted by Gasteiger charge is -2.27. The van der Waals surface area contributed by atoms with E-state index in [1.165, 1.54) is 12.1 Å². The number of methoxy groups -OCH3 is 1. The molecule has 0 aromatic heterocycles. The number of benzene rings is 1. The Balaban J connectivity index is 1.96. The van der Waals surface area contributed by atoms with Crippen LogP contribution in [0.5, 0.6) is 0 Å². The maximum absolute atomic E-state index is 13.7. The van der Waals surface area contributed by atoms with E-state index in [9.17, 15) is 9.18 Å². The highest BCUT2D eigenvalue weighted by molar-refractivity contribution is 6.00. The van der Waals surface area contributed by atoms with Gasteiger partial charge in [-0.1, -0.05) is 0 Å². The Morgan fingerprint density at radius 1 is 1.33 bits per heavy atom. The van der Waals surface area contributed by atoms with Crippen molar-refractivity contribution in [3.8, 4) is 0 Å². The highest BCUT2D eigenvalue weighted by Gasteiger charge is 2.39. The van der Waals surface area contributed by atoms with Crippen LogP contribution in [-0.2, 0) is 9.53 Å². The Bertz CT molecular complexity index is 545. The average Bonchev–Trinajstić information content (AvgIpc) is 3.28. The van der Waals surface area contributed by atoms with Crippen LogP contribution in [0.1, 0.15) is 19.3 Å². The first-order valence-electron chi connectivity index (χ1n) is 7.46. The third-order valence-corrected chi connectivity index (χ3v) is 4.33. The number of hydrogen-bond acceptors (Lipinski definition) is 3. The van der Waals surface area contributed by atoms with Crippen LogP contribution in [0.2, 0.25) is 0 Å². The molecule has 21 heavy (non-hydrogen) atoms. The minimum Gasteiger partial charge on any atom is -0.373 e. The normalized spacial score (nSPS) is 20.0. The Morgan fingerprint density at radius 2 is 2.10 bits per heavy atom. The number of ether oxygens (including phenoxy) is 1. The molecule has 5 heteroatoms. The SMILES string of the molecule is CO[C@H](C(=O)N1CCCN(C)c2ccc(F)cc21)C1CC1. The van der Waals surface area contributed by atoms with Crippen molar-refractivity contribution >= 4 is 17.3 Å². The zero-order valence-corrected chi connectivity index (χ0v) is 12.5. The fourth-order valence-corrected chi connectivity index (χ4v) is 3.02. The summed E-state index contributed by atoms with van der Waals surface area (Å²) in [6.07, 6.45) is 2.53. The van der Waals surface area contributed by atoms with Crippen molar-refractivity contribution in [2.45, 2.75) is 25.4 Å². The number of hydrogen-bond donors (Lipinski definition) is 0. The van der Waals surface area contributed by atoms with E-state index in [-0.39, 0.29) is 11.7 Å². The molecule has 0 bridgehead atoms. The number of nitrogens with zero attached hydrogens (tertiary/aromatic N) is 2. The fraction of sp³-hybridized carbons (Fsp3) is 0.562. The molecule has 1 heterocycles. The zero-order valence-electron chi connectivity index (χ0n) is 12.5. The Hall–Kier alpha value is -1.62. The summed E-state index contributed by atoms with van der Waals surface area (Å²) in [5.74, 6) is -0.0371. The second kappa shape index (κ2) is 5.64.